The molecule has 0 unspecified atom stereocenters. The number of Topliss-reactive ketones (excluding diaryl/α,β-unsaturated/α-hetero) is 1. The lowest BCUT2D eigenvalue weighted by atomic mass is 10.1. The molecule has 1 aromatic heterocycles. The molecule has 7 heteroatoms. The molecule has 3 aromatic rings. The summed E-state index contributed by atoms with van der Waals surface area (Å²) in [4.78, 5) is 25.8. The van der Waals surface area contributed by atoms with Gasteiger partial charge in [0.15, 0.2) is 11.4 Å². The van der Waals surface area contributed by atoms with Crippen LogP contribution in [-0.2, 0) is 6.42 Å². The van der Waals surface area contributed by atoms with Gasteiger partial charge in [-0.25, -0.2) is 4.79 Å². The monoisotopic (exact) mass is 366 g/mol. The van der Waals surface area contributed by atoms with Gasteiger partial charge >= 0.3 is 5.76 Å². The van der Waals surface area contributed by atoms with Gasteiger partial charge in [0, 0.05) is 10.6 Å². The number of carbonyl (C=O) groups is 1. The highest BCUT2D eigenvalue weighted by molar-refractivity contribution is 6.30. The minimum atomic E-state index is -0.523. The lowest BCUT2D eigenvalue weighted by Gasteiger charge is -2.05. The Hall–Kier alpha value is -2.08. The number of H-pyrrole nitrogens is 1. The Labute approximate surface area is 149 Å². The summed E-state index contributed by atoms with van der Waals surface area (Å²) in [5.41, 5.74) is 2.65. The topological polar surface area (TPSA) is 75.1 Å². The van der Waals surface area contributed by atoms with Crippen LogP contribution in [0.5, 0.6) is 0 Å². The molecule has 1 heterocycles. The fourth-order valence-electron chi connectivity index (χ4n) is 2.31. The Balaban J connectivity index is 0.00000208. The van der Waals surface area contributed by atoms with Crippen LogP contribution in [0.3, 0.4) is 0 Å². The van der Waals surface area contributed by atoms with Crippen LogP contribution >= 0.6 is 24.0 Å². The number of rotatable bonds is 6. The van der Waals surface area contributed by atoms with Crippen molar-refractivity contribution in [2.75, 3.05) is 13.1 Å². The van der Waals surface area contributed by atoms with Crippen molar-refractivity contribution < 1.29 is 9.21 Å². The van der Waals surface area contributed by atoms with E-state index in [4.69, 9.17) is 16.0 Å². The van der Waals surface area contributed by atoms with Crippen molar-refractivity contribution in [3.8, 4) is 0 Å². The maximum absolute atomic E-state index is 12.1. The molecular formula is C17H16Cl2N2O3. The molecule has 24 heavy (non-hydrogen) atoms. The molecule has 0 aliphatic carbocycles. The van der Waals surface area contributed by atoms with Gasteiger partial charge in [0.2, 0.25) is 0 Å². The highest BCUT2D eigenvalue weighted by Gasteiger charge is 2.08. The van der Waals surface area contributed by atoms with Gasteiger partial charge in [0.25, 0.3) is 0 Å². The molecule has 0 aliphatic heterocycles. The first kappa shape index (κ1) is 18.3. The zero-order valence-electron chi connectivity index (χ0n) is 12.7. The third kappa shape index (κ3) is 4.47. The van der Waals surface area contributed by atoms with E-state index in [0.29, 0.717) is 28.2 Å². The van der Waals surface area contributed by atoms with Crippen LogP contribution < -0.4 is 11.1 Å². The van der Waals surface area contributed by atoms with Crippen molar-refractivity contribution in [3.05, 3.63) is 69.2 Å². The molecule has 126 valence electrons. The predicted octanol–water partition coefficient (Wildman–Crippen LogP) is 3.21. The molecule has 0 radical (unpaired) electrons. The molecule has 0 spiro atoms. The van der Waals surface area contributed by atoms with Gasteiger partial charge < -0.3 is 9.73 Å². The van der Waals surface area contributed by atoms with E-state index in [1.165, 1.54) is 0 Å². The van der Waals surface area contributed by atoms with E-state index in [0.717, 1.165) is 12.0 Å². The SMILES string of the molecule is Cl.O=C(CNCCc1ccc(Cl)cc1)c1ccc2[nH]c(=O)oc2c1. The maximum atomic E-state index is 12.1. The molecule has 2 aromatic carbocycles. The zero-order chi connectivity index (χ0) is 16.2. The quantitative estimate of drug-likeness (QED) is 0.518. The molecule has 0 amide bonds. The number of aromatic nitrogens is 1. The Kier molecular flexibility index (Phi) is 6.20. The highest BCUT2D eigenvalue weighted by atomic mass is 35.5. The Morgan fingerprint density at radius 3 is 2.67 bits per heavy atom. The average molecular weight is 367 g/mol. The number of oxazole rings is 1. The molecule has 0 saturated heterocycles. The lowest BCUT2D eigenvalue weighted by Crippen LogP contribution is -2.25. The summed E-state index contributed by atoms with van der Waals surface area (Å²) >= 11 is 5.84. The minimum absolute atomic E-state index is 0. The van der Waals surface area contributed by atoms with E-state index >= 15 is 0 Å². The zero-order valence-corrected chi connectivity index (χ0v) is 14.2. The van der Waals surface area contributed by atoms with Crippen molar-refractivity contribution >= 4 is 40.9 Å². The number of aromatic amines is 1. The number of hydrogen-bond donors (Lipinski definition) is 2. The molecule has 3 rings (SSSR count). The van der Waals surface area contributed by atoms with Crippen molar-refractivity contribution in [2.24, 2.45) is 0 Å². The Bertz CT molecular complexity index is 885. The second kappa shape index (κ2) is 8.15. The Morgan fingerprint density at radius 1 is 1.17 bits per heavy atom. The molecule has 0 fully saturated rings. The highest BCUT2D eigenvalue weighted by Crippen LogP contribution is 2.13. The summed E-state index contributed by atoms with van der Waals surface area (Å²) in [7, 11) is 0. The maximum Gasteiger partial charge on any atom is 0.417 e. The number of ketones is 1. The van der Waals surface area contributed by atoms with Gasteiger partial charge in [-0.05, 0) is 48.9 Å². The minimum Gasteiger partial charge on any atom is -0.408 e. The Morgan fingerprint density at radius 2 is 1.92 bits per heavy atom. The van der Waals surface area contributed by atoms with Crippen LogP contribution in [0.25, 0.3) is 11.1 Å². The molecule has 5 nitrogen and oxygen atoms in total. The fourth-order valence-corrected chi connectivity index (χ4v) is 2.43. The molecule has 0 aliphatic rings. The lowest BCUT2D eigenvalue weighted by molar-refractivity contribution is 0.0991. The first-order chi connectivity index (χ1) is 11.1. The van der Waals surface area contributed by atoms with Crippen molar-refractivity contribution in [3.63, 3.8) is 0 Å². The first-order valence-corrected chi connectivity index (χ1v) is 7.61. The number of halogens is 2. The predicted molar refractivity (Wildman–Crippen MR) is 96.4 cm³/mol. The summed E-state index contributed by atoms with van der Waals surface area (Å²) < 4.78 is 4.96. The van der Waals surface area contributed by atoms with Crippen molar-refractivity contribution in [1.82, 2.24) is 10.3 Å². The van der Waals surface area contributed by atoms with Crippen LogP contribution in [0, 0.1) is 0 Å². The summed E-state index contributed by atoms with van der Waals surface area (Å²) in [5.74, 6) is -0.572. The first-order valence-electron chi connectivity index (χ1n) is 7.23. The second-order valence-corrected chi connectivity index (χ2v) is 5.64. The molecule has 0 bridgehead atoms. The van der Waals surface area contributed by atoms with Crippen molar-refractivity contribution in [2.45, 2.75) is 6.42 Å². The van der Waals surface area contributed by atoms with E-state index in [1.807, 2.05) is 24.3 Å². The van der Waals surface area contributed by atoms with Crippen LogP contribution in [0.4, 0.5) is 0 Å². The summed E-state index contributed by atoms with van der Waals surface area (Å²) in [6, 6.07) is 12.6. The summed E-state index contributed by atoms with van der Waals surface area (Å²) in [6.45, 7) is 0.919. The molecule has 0 saturated carbocycles. The molecule has 0 atom stereocenters. The normalized spacial score (nSPS) is 10.5. The third-order valence-electron chi connectivity index (χ3n) is 3.53. The summed E-state index contributed by atoms with van der Waals surface area (Å²) in [6.07, 6.45) is 0.816. The van der Waals surface area contributed by atoms with Gasteiger partial charge in [0.1, 0.15) is 0 Å². The van der Waals surface area contributed by atoms with Crippen LogP contribution in [-0.4, -0.2) is 23.9 Å². The van der Waals surface area contributed by atoms with Crippen molar-refractivity contribution in [1.29, 1.82) is 0 Å². The van der Waals surface area contributed by atoms with Gasteiger partial charge in [-0.2, -0.15) is 0 Å². The largest absolute Gasteiger partial charge is 0.417 e. The van der Waals surface area contributed by atoms with Gasteiger partial charge in [-0.1, -0.05) is 23.7 Å². The third-order valence-corrected chi connectivity index (χ3v) is 3.78. The summed E-state index contributed by atoms with van der Waals surface area (Å²) in [5, 5.41) is 3.83. The van der Waals surface area contributed by atoms with Crippen LogP contribution in [0.2, 0.25) is 5.02 Å². The van der Waals surface area contributed by atoms with Gasteiger partial charge in [-0.3, -0.25) is 9.78 Å². The standard InChI is InChI=1S/C17H15ClN2O3.ClH/c18-13-4-1-11(2-5-13)7-8-19-10-15(21)12-3-6-14-16(9-12)23-17(22)20-14;/h1-6,9,19H,7-8,10H2,(H,20,22);1H. The smallest absolute Gasteiger partial charge is 0.408 e. The molecular weight excluding hydrogens is 351 g/mol. The number of carbonyl (C=O) groups excluding carboxylic acids is 1. The van der Waals surface area contributed by atoms with Crippen LogP contribution in [0.15, 0.2) is 51.7 Å². The van der Waals surface area contributed by atoms with Crippen LogP contribution in [0.1, 0.15) is 15.9 Å². The van der Waals surface area contributed by atoms with E-state index in [9.17, 15) is 9.59 Å². The van der Waals surface area contributed by atoms with E-state index in [2.05, 4.69) is 10.3 Å². The number of benzene rings is 2. The van der Waals surface area contributed by atoms with Gasteiger partial charge in [-0.15, -0.1) is 12.4 Å². The van der Waals surface area contributed by atoms with E-state index < -0.39 is 5.76 Å². The van der Waals surface area contributed by atoms with E-state index in [1.54, 1.807) is 18.2 Å². The fraction of sp³-hybridized carbons (Fsp3) is 0.176. The van der Waals surface area contributed by atoms with Gasteiger partial charge in [0.05, 0.1) is 12.1 Å². The average Bonchev–Trinajstić information content (AvgIpc) is 2.92. The second-order valence-electron chi connectivity index (χ2n) is 5.20. The number of fused-ring (bicyclic) bond motifs is 1. The number of hydrogen-bond acceptors (Lipinski definition) is 4. The van der Waals surface area contributed by atoms with E-state index in [-0.39, 0.29) is 24.7 Å². The molecule has 2 N–H and O–H groups in total. The number of nitrogens with one attached hydrogen (secondary N) is 2.